The summed E-state index contributed by atoms with van der Waals surface area (Å²) in [4.78, 5) is 24.6. The first-order chi connectivity index (χ1) is 10.5. The number of nitrogens with one attached hydrogen (secondary N) is 1. The van der Waals surface area contributed by atoms with Crippen molar-refractivity contribution in [3.8, 4) is 6.07 Å². The monoisotopic (exact) mass is 295 g/mol. The van der Waals surface area contributed by atoms with E-state index in [1.165, 1.54) is 18.0 Å². The van der Waals surface area contributed by atoms with Crippen LogP contribution in [0.4, 0.5) is 16.2 Å². The molecule has 0 saturated carbocycles. The van der Waals surface area contributed by atoms with Crippen LogP contribution in [0.2, 0.25) is 0 Å². The predicted octanol–water partition coefficient (Wildman–Crippen LogP) is 2.92. The van der Waals surface area contributed by atoms with Crippen molar-refractivity contribution >= 4 is 23.4 Å². The van der Waals surface area contributed by atoms with Crippen molar-refractivity contribution < 1.29 is 14.7 Å². The number of amides is 2. The molecule has 0 spiro atoms. The van der Waals surface area contributed by atoms with Crippen LogP contribution in [-0.4, -0.2) is 24.2 Å². The topological polar surface area (TPSA) is 93.4 Å². The third-order valence-corrected chi connectivity index (χ3v) is 3.07. The molecule has 6 nitrogen and oxygen atoms in total. The van der Waals surface area contributed by atoms with Crippen molar-refractivity contribution in [3.05, 3.63) is 59.7 Å². The smallest absolute Gasteiger partial charge is 0.337 e. The van der Waals surface area contributed by atoms with Gasteiger partial charge in [0.2, 0.25) is 0 Å². The Morgan fingerprint density at radius 1 is 1.14 bits per heavy atom. The van der Waals surface area contributed by atoms with Gasteiger partial charge in [0.25, 0.3) is 0 Å². The summed E-state index contributed by atoms with van der Waals surface area (Å²) in [6, 6.07) is 14.1. The lowest BCUT2D eigenvalue weighted by molar-refractivity contribution is 0.0697. The van der Waals surface area contributed by atoms with Gasteiger partial charge in [-0.1, -0.05) is 12.1 Å². The fourth-order valence-corrected chi connectivity index (χ4v) is 1.89. The molecular weight excluding hydrogens is 282 g/mol. The summed E-state index contributed by atoms with van der Waals surface area (Å²) in [6.45, 7) is 0. The quantitative estimate of drug-likeness (QED) is 0.910. The maximum Gasteiger partial charge on any atom is 0.337 e. The van der Waals surface area contributed by atoms with Crippen LogP contribution in [0.3, 0.4) is 0 Å². The summed E-state index contributed by atoms with van der Waals surface area (Å²) >= 11 is 0. The SMILES string of the molecule is CN(C(=O)Nc1ccc(C#N)cc1)c1ccccc1C(=O)O. The van der Waals surface area contributed by atoms with Crippen LogP contribution in [0.25, 0.3) is 0 Å². The Bertz CT molecular complexity index is 748. The van der Waals surface area contributed by atoms with Crippen LogP contribution in [-0.2, 0) is 0 Å². The Balaban J connectivity index is 2.19. The van der Waals surface area contributed by atoms with Crippen LogP contribution in [0.1, 0.15) is 15.9 Å². The van der Waals surface area contributed by atoms with E-state index in [2.05, 4.69) is 5.32 Å². The number of hydrogen-bond donors (Lipinski definition) is 2. The van der Waals surface area contributed by atoms with Gasteiger partial charge in [0.05, 0.1) is 22.9 Å². The van der Waals surface area contributed by atoms with E-state index in [4.69, 9.17) is 10.4 Å². The first-order valence-corrected chi connectivity index (χ1v) is 6.40. The molecule has 0 bridgehead atoms. The number of carbonyl (C=O) groups excluding carboxylic acids is 1. The van der Waals surface area contributed by atoms with Crippen molar-refractivity contribution in [1.29, 1.82) is 5.26 Å². The summed E-state index contributed by atoms with van der Waals surface area (Å²) in [5, 5.41) is 20.5. The molecule has 0 aliphatic rings. The van der Waals surface area contributed by atoms with Crippen LogP contribution in [0, 0.1) is 11.3 Å². The Hall–Kier alpha value is -3.33. The lowest BCUT2D eigenvalue weighted by Gasteiger charge is -2.19. The molecule has 0 unspecified atom stereocenters. The van der Waals surface area contributed by atoms with Crippen molar-refractivity contribution in [2.75, 3.05) is 17.3 Å². The highest BCUT2D eigenvalue weighted by Crippen LogP contribution is 2.20. The largest absolute Gasteiger partial charge is 0.478 e. The van der Waals surface area contributed by atoms with Crippen LogP contribution >= 0.6 is 0 Å². The van der Waals surface area contributed by atoms with Gasteiger partial charge in [-0.25, -0.2) is 9.59 Å². The number of rotatable bonds is 3. The lowest BCUT2D eigenvalue weighted by Crippen LogP contribution is -2.32. The van der Waals surface area contributed by atoms with E-state index in [1.807, 2.05) is 6.07 Å². The molecule has 2 rings (SSSR count). The average molecular weight is 295 g/mol. The molecule has 6 heteroatoms. The molecule has 0 heterocycles. The Morgan fingerprint density at radius 2 is 1.77 bits per heavy atom. The highest BCUT2D eigenvalue weighted by atomic mass is 16.4. The van der Waals surface area contributed by atoms with Gasteiger partial charge in [-0.15, -0.1) is 0 Å². The Labute approximate surface area is 127 Å². The summed E-state index contributed by atoms with van der Waals surface area (Å²) in [6.07, 6.45) is 0. The van der Waals surface area contributed by atoms with E-state index in [0.717, 1.165) is 0 Å². The van der Waals surface area contributed by atoms with E-state index < -0.39 is 12.0 Å². The van der Waals surface area contributed by atoms with E-state index >= 15 is 0 Å². The van der Waals surface area contributed by atoms with E-state index in [-0.39, 0.29) is 5.56 Å². The third-order valence-electron chi connectivity index (χ3n) is 3.07. The fourth-order valence-electron chi connectivity index (χ4n) is 1.89. The number of para-hydroxylation sites is 1. The molecule has 2 aromatic carbocycles. The van der Waals surface area contributed by atoms with E-state index in [9.17, 15) is 9.59 Å². The van der Waals surface area contributed by atoms with Gasteiger partial charge in [0.15, 0.2) is 0 Å². The minimum absolute atomic E-state index is 0.0416. The number of anilines is 2. The van der Waals surface area contributed by atoms with Gasteiger partial charge in [-0.05, 0) is 36.4 Å². The number of carbonyl (C=O) groups is 2. The number of nitrogens with zero attached hydrogens (tertiary/aromatic N) is 2. The van der Waals surface area contributed by atoms with Crippen LogP contribution < -0.4 is 10.2 Å². The van der Waals surface area contributed by atoms with Crippen LogP contribution in [0.15, 0.2) is 48.5 Å². The molecule has 0 atom stereocenters. The maximum absolute atomic E-state index is 12.2. The molecular formula is C16H13N3O3. The van der Waals surface area contributed by atoms with Crippen molar-refractivity contribution in [1.82, 2.24) is 0 Å². The van der Waals surface area contributed by atoms with Crippen molar-refractivity contribution in [2.24, 2.45) is 0 Å². The summed E-state index contributed by atoms with van der Waals surface area (Å²) in [5.41, 5.74) is 1.34. The predicted molar refractivity (Wildman–Crippen MR) is 82.0 cm³/mol. The van der Waals surface area contributed by atoms with Gasteiger partial charge >= 0.3 is 12.0 Å². The second kappa shape index (κ2) is 6.41. The molecule has 2 N–H and O–H groups in total. The number of carboxylic acid groups (broad SMARTS) is 1. The summed E-state index contributed by atoms with van der Waals surface area (Å²) in [5.74, 6) is -1.10. The third kappa shape index (κ3) is 3.22. The Morgan fingerprint density at radius 3 is 2.36 bits per heavy atom. The first-order valence-electron chi connectivity index (χ1n) is 6.40. The van der Waals surface area contributed by atoms with Gasteiger partial charge in [-0.2, -0.15) is 5.26 Å². The number of benzene rings is 2. The highest BCUT2D eigenvalue weighted by Gasteiger charge is 2.17. The van der Waals surface area contributed by atoms with E-state index in [0.29, 0.717) is 16.9 Å². The van der Waals surface area contributed by atoms with Gasteiger partial charge < -0.3 is 10.4 Å². The second-order valence-electron chi connectivity index (χ2n) is 4.50. The lowest BCUT2D eigenvalue weighted by atomic mass is 10.1. The van der Waals surface area contributed by atoms with E-state index in [1.54, 1.807) is 42.5 Å². The minimum Gasteiger partial charge on any atom is -0.478 e. The van der Waals surface area contributed by atoms with Gasteiger partial charge in [-0.3, -0.25) is 4.90 Å². The van der Waals surface area contributed by atoms with Gasteiger partial charge in [0, 0.05) is 12.7 Å². The number of urea groups is 1. The summed E-state index contributed by atoms with van der Waals surface area (Å²) in [7, 11) is 1.49. The number of hydrogen-bond acceptors (Lipinski definition) is 3. The zero-order chi connectivity index (χ0) is 16.1. The first kappa shape index (κ1) is 15.1. The normalized spacial score (nSPS) is 9.64. The molecule has 0 aromatic heterocycles. The standard InChI is InChI=1S/C16H13N3O3/c1-19(14-5-3-2-4-13(14)15(20)21)16(22)18-12-8-6-11(10-17)7-9-12/h2-9H,1H3,(H,18,22)(H,20,21). The molecule has 0 saturated heterocycles. The molecule has 0 aliphatic heterocycles. The maximum atomic E-state index is 12.2. The highest BCUT2D eigenvalue weighted by molar-refractivity contribution is 6.05. The van der Waals surface area contributed by atoms with Crippen molar-refractivity contribution in [3.63, 3.8) is 0 Å². The van der Waals surface area contributed by atoms with Crippen LogP contribution in [0.5, 0.6) is 0 Å². The molecule has 0 aliphatic carbocycles. The summed E-state index contributed by atoms with van der Waals surface area (Å²) < 4.78 is 0. The molecule has 0 radical (unpaired) electrons. The zero-order valence-corrected chi connectivity index (χ0v) is 11.8. The number of aromatic carboxylic acids is 1. The number of nitriles is 1. The minimum atomic E-state index is -1.10. The second-order valence-corrected chi connectivity index (χ2v) is 4.50. The molecule has 22 heavy (non-hydrogen) atoms. The fraction of sp³-hybridized carbons (Fsp3) is 0.0625. The number of carboxylic acids is 1. The average Bonchev–Trinajstić information content (AvgIpc) is 2.54. The Kier molecular flexibility index (Phi) is 4.39. The van der Waals surface area contributed by atoms with Crippen molar-refractivity contribution in [2.45, 2.75) is 0 Å². The molecule has 0 fully saturated rings. The molecule has 2 aromatic rings. The zero-order valence-electron chi connectivity index (χ0n) is 11.8. The molecule has 110 valence electrons. The van der Waals surface area contributed by atoms with Gasteiger partial charge in [0.1, 0.15) is 0 Å². The molecule has 2 amide bonds.